The van der Waals surface area contributed by atoms with Gasteiger partial charge in [0.05, 0.1) is 23.9 Å². The minimum atomic E-state index is -0.170. The van der Waals surface area contributed by atoms with Gasteiger partial charge in [-0.25, -0.2) is 4.98 Å². The molecule has 1 unspecified atom stereocenters. The molecule has 0 aromatic carbocycles. The second kappa shape index (κ2) is 11.0. The summed E-state index contributed by atoms with van der Waals surface area (Å²) in [7, 11) is 1.63. The summed E-state index contributed by atoms with van der Waals surface area (Å²) in [6.45, 7) is 8.36. The van der Waals surface area contributed by atoms with Crippen molar-refractivity contribution in [3.8, 4) is 6.07 Å². The lowest BCUT2D eigenvalue weighted by atomic mass is 9.96. The molecule has 3 heterocycles. The third-order valence-electron chi connectivity index (χ3n) is 7.29. The van der Waals surface area contributed by atoms with Crippen LogP contribution in [0.3, 0.4) is 0 Å². The summed E-state index contributed by atoms with van der Waals surface area (Å²) < 4.78 is 0. The molecule has 2 aliphatic rings. The Labute approximate surface area is 208 Å². The Kier molecular flexibility index (Phi) is 7.86. The number of hydrogen-bond donors (Lipinski definition) is 2. The number of piperazine rings is 1. The number of hydrogen-bond acceptors (Lipinski definition) is 6. The number of imidazole rings is 1. The Hall–Kier alpha value is -3.18. The number of carbonyl (C=O) groups is 1. The molecule has 1 saturated heterocycles. The van der Waals surface area contributed by atoms with Gasteiger partial charge in [-0.3, -0.25) is 14.7 Å². The second-order valence-corrected chi connectivity index (χ2v) is 9.69. The molecule has 0 radical (unpaired) electrons. The maximum atomic E-state index is 12.4. The third kappa shape index (κ3) is 5.57. The van der Waals surface area contributed by atoms with Gasteiger partial charge in [0.25, 0.3) is 0 Å². The zero-order chi connectivity index (χ0) is 24.9. The summed E-state index contributed by atoms with van der Waals surface area (Å²) in [5.41, 5.74) is 3.96. The van der Waals surface area contributed by atoms with Crippen LogP contribution in [0.5, 0.6) is 0 Å². The topological polar surface area (TPSA) is 101 Å². The average molecular weight is 476 g/mol. The molecule has 1 aliphatic carbocycles. The van der Waals surface area contributed by atoms with Crippen molar-refractivity contribution < 1.29 is 4.79 Å². The van der Waals surface area contributed by atoms with Crippen LogP contribution < -0.4 is 5.32 Å². The second-order valence-electron chi connectivity index (χ2n) is 9.69. The van der Waals surface area contributed by atoms with Crippen molar-refractivity contribution in [3.63, 3.8) is 0 Å². The molecule has 1 aliphatic heterocycles. The lowest BCUT2D eigenvalue weighted by molar-refractivity contribution is -0.116. The highest BCUT2D eigenvalue weighted by molar-refractivity contribution is 5.94. The number of nitrogens with zero attached hydrogens (tertiary/aromatic N) is 5. The maximum absolute atomic E-state index is 12.4. The summed E-state index contributed by atoms with van der Waals surface area (Å²) in [6.07, 6.45) is 10.2. The SMILES string of the molecule is CCC(c1ccc(C2CC2)nc1)N1C[C@H](CC)N(/C(=C/C(=O)NC)c2nc(CC#N)c[nH]2)C[C@H]1C. The highest BCUT2D eigenvalue weighted by Crippen LogP contribution is 2.39. The Morgan fingerprint density at radius 3 is 2.74 bits per heavy atom. The molecule has 0 bridgehead atoms. The molecule has 1 amide bonds. The van der Waals surface area contributed by atoms with Gasteiger partial charge in [-0.05, 0) is 44.2 Å². The molecule has 8 heteroatoms. The molecule has 2 aromatic rings. The van der Waals surface area contributed by atoms with Crippen LogP contribution in [0.4, 0.5) is 0 Å². The van der Waals surface area contributed by atoms with E-state index in [1.807, 2.05) is 0 Å². The van der Waals surface area contributed by atoms with E-state index in [1.165, 1.54) is 24.1 Å². The number of nitriles is 1. The van der Waals surface area contributed by atoms with Crippen LogP contribution in [0.25, 0.3) is 5.70 Å². The predicted molar refractivity (Wildman–Crippen MR) is 136 cm³/mol. The molecule has 35 heavy (non-hydrogen) atoms. The van der Waals surface area contributed by atoms with E-state index in [9.17, 15) is 4.79 Å². The van der Waals surface area contributed by atoms with Gasteiger partial charge in [0.15, 0.2) is 5.82 Å². The molecular formula is C27H37N7O. The zero-order valence-corrected chi connectivity index (χ0v) is 21.3. The lowest BCUT2D eigenvalue weighted by Crippen LogP contribution is -2.57. The summed E-state index contributed by atoms with van der Waals surface area (Å²) in [5, 5.41) is 11.8. The smallest absolute Gasteiger partial charge is 0.245 e. The maximum Gasteiger partial charge on any atom is 0.245 e. The zero-order valence-electron chi connectivity index (χ0n) is 21.3. The first-order valence-corrected chi connectivity index (χ1v) is 12.8. The average Bonchev–Trinajstić information content (AvgIpc) is 3.63. The standard InChI is InChI=1S/C27H37N7O/c1-5-22-17-33(24(6-2)20-9-10-23(30-14-20)19-7-8-19)18(3)16-34(22)25(13-26(35)29-4)27-31-15-21(32-27)11-12-28/h9-10,13-15,18-19,22,24H,5-8,11,16-17H2,1-4H3,(H,29,35)(H,31,32)/b25-13+/t18-,22+,24?/m1/s1. The first kappa shape index (κ1) is 24.9. The largest absolute Gasteiger partial charge is 0.363 e. The molecule has 4 rings (SSSR count). The molecule has 2 aromatic heterocycles. The van der Waals surface area contributed by atoms with Crippen molar-refractivity contribution in [1.82, 2.24) is 30.1 Å². The number of rotatable bonds is 9. The van der Waals surface area contributed by atoms with Crippen LogP contribution in [0, 0.1) is 11.3 Å². The van der Waals surface area contributed by atoms with E-state index in [-0.39, 0.29) is 24.4 Å². The van der Waals surface area contributed by atoms with E-state index in [1.54, 1.807) is 19.3 Å². The van der Waals surface area contributed by atoms with Gasteiger partial charge < -0.3 is 15.2 Å². The quantitative estimate of drug-likeness (QED) is 0.536. The van der Waals surface area contributed by atoms with Gasteiger partial charge in [-0.1, -0.05) is 19.9 Å². The number of aromatic amines is 1. The fraction of sp³-hybridized carbons (Fsp3) is 0.556. The molecule has 186 valence electrons. The molecule has 3 atom stereocenters. The summed E-state index contributed by atoms with van der Waals surface area (Å²) >= 11 is 0. The number of nitrogens with one attached hydrogen (secondary N) is 2. The van der Waals surface area contributed by atoms with Gasteiger partial charge in [-0.2, -0.15) is 5.26 Å². The van der Waals surface area contributed by atoms with Crippen molar-refractivity contribution >= 4 is 11.6 Å². The number of amides is 1. The van der Waals surface area contributed by atoms with Crippen LogP contribution in [0.2, 0.25) is 0 Å². The first-order valence-electron chi connectivity index (χ1n) is 12.8. The van der Waals surface area contributed by atoms with Gasteiger partial charge in [0.1, 0.15) is 0 Å². The van der Waals surface area contributed by atoms with Crippen molar-refractivity contribution in [2.24, 2.45) is 0 Å². The Bertz CT molecular complexity index is 1080. The highest BCUT2D eigenvalue weighted by Gasteiger charge is 2.37. The molecule has 0 spiro atoms. The number of likely N-dealkylation sites (N-methyl/N-ethyl adjacent to an activating group) is 1. The van der Waals surface area contributed by atoms with Crippen LogP contribution in [-0.4, -0.2) is 62.9 Å². The van der Waals surface area contributed by atoms with E-state index in [2.05, 4.69) is 70.3 Å². The van der Waals surface area contributed by atoms with Crippen LogP contribution in [-0.2, 0) is 11.2 Å². The number of aromatic nitrogens is 3. The Morgan fingerprint density at radius 2 is 2.14 bits per heavy atom. The van der Waals surface area contributed by atoms with Crippen molar-refractivity contribution in [1.29, 1.82) is 5.26 Å². The minimum absolute atomic E-state index is 0.170. The third-order valence-corrected chi connectivity index (χ3v) is 7.29. The van der Waals surface area contributed by atoms with Crippen molar-refractivity contribution in [2.45, 2.75) is 76.9 Å². The van der Waals surface area contributed by atoms with Crippen LogP contribution in [0.15, 0.2) is 30.6 Å². The number of carbonyl (C=O) groups excluding carboxylic acids is 1. The normalized spacial score (nSPS) is 22.0. The fourth-order valence-electron chi connectivity index (χ4n) is 5.18. The highest BCUT2D eigenvalue weighted by atomic mass is 16.1. The Morgan fingerprint density at radius 1 is 1.34 bits per heavy atom. The van der Waals surface area contributed by atoms with E-state index in [0.29, 0.717) is 23.5 Å². The van der Waals surface area contributed by atoms with Crippen molar-refractivity contribution in [2.75, 3.05) is 20.1 Å². The minimum Gasteiger partial charge on any atom is -0.363 e. The van der Waals surface area contributed by atoms with Crippen LogP contribution in [0.1, 0.15) is 81.2 Å². The molecular weight excluding hydrogens is 438 g/mol. The molecule has 1 saturated carbocycles. The summed E-state index contributed by atoms with van der Waals surface area (Å²) in [4.78, 5) is 29.9. The lowest BCUT2D eigenvalue weighted by Gasteiger charge is -2.49. The van der Waals surface area contributed by atoms with Gasteiger partial charge in [0.2, 0.25) is 5.91 Å². The first-order chi connectivity index (χ1) is 17.0. The number of pyridine rings is 1. The number of H-pyrrole nitrogens is 1. The summed E-state index contributed by atoms with van der Waals surface area (Å²) in [6, 6.07) is 7.42. The van der Waals surface area contributed by atoms with Gasteiger partial charge in [-0.15, -0.1) is 0 Å². The van der Waals surface area contributed by atoms with E-state index < -0.39 is 0 Å². The molecule has 2 N–H and O–H groups in total. The molecule has 8 nitrogen and oxygen atoms in total. The van der Waals surface area contributed by atoms with E-state index >= 15 is 0 Å². The Balaban J connectivity index is 1.59. The van der Waals surface area contributed by atoms with Crippen molar-refractivity contribution in [3.05, 3.63) is 53.4 Å². The van der Waals surface area contributed by atoms with E-state index in [4.69, 9.17) is 10.2 Å². The fourth-order valence-corrected chi connectivity index (χ4v) is 5.18. The molecule has 2 fully saturated rings. The van der Waals surface area contributed by atoms with Gasteiger partial charge in [0, 0.05) is 68.3 Å². The van der Waals surface area contributed by atoms with E-state index in [0.717, 1.165) is 31.6 Å². The van der Waals surface area contributed by atoms with Gasteiger partial charge >= 0.3 is 0 Å². The van der Waals surface area contributed by atoms with Crippen LogP contribution >= 0.6 is 0 Å². The monoisotopic (exact) mass is 475 g/mol. The summed E-state index contributed by atoms with van der Waals surface area (Å²) in [5.74, 6) is 1.12. The predicted octanol–water partition coefficient (Wildman–Crippen LogP) is 3.77.